The third kappa shape index (κ3) is 15.6. The van der Waals surface area contributed by atoms with E-state index in [-0.39, 0.29) is 14.9 Å². The van der Waals surface area contributed by atoms with Crippen molar-refractivity contribution in [3.8, 4) is 12.8 Å². The molecule has 0 atom stereocenters. The van der Waals surface area contributed by atoms with Gasteiger partial charge in [0, 0.05) is 0 Å². The van der Waals surface area contributed by atoms with E-state index in [1.54, 1.807) is 0 Å². The predicted molar refractivity (Wildman–Crippen MR) is 83.3 cm³/mol. The van der Waals surface area contributed by atoms with Crippen molar-refractivity contribution < 1.29 is 0 Å². The van der Waals surface area contributed by atoms with Gasteiger partial charge in [0.15, 0.2) is 0 Å². The molecule has 0 nitrogen and oxygen atoms in total. The van der Waals surface area contributed by atoms with Crippen molar-refractivity contribution in [3.05, 3.63) is 0 Å². The Labute approximate surface area is 112 Å². The first-order valence-electron chi connectivity index (χ1n) is 6.73. The first kappa shape index (κ1) is 21.8. The molecule has 0 radical (unpaired) electrons. The van der Waals surface area contributed by atoms with E-state index in [0.717, 1.165) is 5.92 Å². The molecule has 2 rings (SSSR count). The normalized spacial score (nSPS) is 19.0. The number of terminal acetylenes is 1. The maximum absolute atomic E-state index is 4.00. The van der Waals surface area contributed by atoms with E-state index in [4.69, 9.17) is 0 Å². The van der Waals surface area contributed by atoms with Crippen LogP contribution in [0, 0.1) is 18.8 Å². The van der Waals surface area contributed by atoms with Crippen LogP contribution in [-0.2, 0) is 0 Å². The molecule has 0 amide bonds. The Morgan fingerprint density at radius 3 is 1.00 bits per heavy atom. The Morgan fingerprint density at radius 2 is 0.824 bits per heavy atom. The van der Waals surface area contributed by atoms with E-state index in [2.05, 4.69) is 19.8 Å². The van der Waals surface area contributed by atoms with Crippen molar-refractivity contribution in [2.24, 2.45) is 5.92 Å². The van der Waals surface area contributed by atoms with Crippen LogP contribution >= 0.6 is 0 Å². The Bertz CT molecular complexity index is 113. The summed E-state index contributed by atoms with van der Waals surface area (Å²) in [4.78, 5) is 0. The molecule has 0 aliphatic heterocycles. The average Bonchev–Trinajstić information content (AvgIpc) is 2.36. The fraction of sp³-hybridized carbons (Fsp3) is 0.882. The molecule has 2 fully saturated rings. The van der Waals surface area contributed by atoms with Gasteiger partial charge in [0.1, 0.15) is 0 Å². The molecule has 0 heterocycles. The van der Waals surface area contributed by atoms with E-state index in [0.29, 0.717) is 0 Å². The summed E-state index contributed by atoms with van der Waals surface area (Å²) in [5.74, 6) is 1.04. The van der Waals surface area contributed by atoms with Crippen molar-refractivity contribution in [2.45, 2.75) is 92.4 Å². The van der Waals surface area contributed by atoms with Crippen LogP contribution in [-0.4, -0.2) is 0 Å². The second kappa shape index (κ2) is 17.9. The second-order valence-electron chi connectivity index (χ2n) is 4.86. The van der Waals surface area contributed by atoms with Gasteiger partial charge in [0.25, 0.3) is 0 Å². The smallest absolute Gasteiger partial charge is 0.0443 e. The molecule has 2 saturated carbocycles. The molecule has 0 aromatic carbocycles. The van der Waals surface area contributed by atoms with Gasteiger partial charge in [-0.25, -0.2) is 0 Å². The van der Waals surface area contributed by atoms with Crippen molar-refractivity contribution in [1.29, 1.82) is 0 Å². The molecule has 0 aromatic heterocycles. The predicted octanol–water partition coefficient (Wildman–Crippen LogP) is 6.45. The first-order chi connectivity index (χ1) is 7.39. The lowest BCUT2D eigenvalue weighted by Crippen LogP contribution is -1.99. The minimum absolute atomic E-state index is 0. The maximum Gasteiger partial charge on any atom is -0.0443 e. The molecule has 17 heavy (non-hydrogen) atoms. The van der Waals surface area contributed by atoms with Gasteiger partial charge < -0.3 is 0 Å². The summed E-state index contributed by atoms with van der Waals surface area (Å²) in [6.45, 7) is 2.36. The zero-order valence-electron chi connectivity index (χ0n) is 10.5. The molecule has 0 N–H and O–H groups in total. The number of hydrogen-bond donors (Lipinski definition) is 0. The van der Waals surface area contributed by atoms with Crippen LogP contribution in [0.15, 0.2) is 0 Å². The van der Waals surface area contributed by atoms with Crippen LogP contribution < -0.4 is 0 Å². The van der Waals surface area contributed by atoms with E-state index < -0.39 is 0 Å². The van der Waals surface area contributed by atoms with Crippen LogP contribution in [0.2, 0.25) is 0 Å². The van der Waals surface area contributed by atoms with Crippen molar-refractivity contribution in [3.63, 3.8) is 0 Å². The van der Waals surface area contributed by atoms with Crippen LogP contribution in [0.1, 0.15) is 92.4 Å². The van der Waals surface area contributed by atoms with Gasteiger partial charge in [0.2, 0.25) is 0 Å². The van der Waals surface area contributed by atoms with Gasteiger partial charge in [-0.3, -0.25) is 0 Å². The summed E-state index contributed by atoms with van der Waals surface area (Å²) < 4.78 is 0. The lowest BCUT2D eigenvalue weighted by Gasteiger charge is -2.15. The molecule has 2 aliphatic carbocycles. The molecule has 0 heteroatoms. The van der Waals surface area contributed by atoms with Crippen LogP contribution in [0.5, 0.6) is 0 Å². The average molecular weight is 240 g/mol. The van der Waals surface area contributed by atoms with Crippen molar-refractivity contribution >= 4 is 0 Å². The molecule has 0 aromatic rings. The number of rotatable bonds is 0. The van der Waals surface area contributed by atoms with Gasteiger partial charge in [-0.15, -0.1) is 12.8 Å². The third-order valence-electron chi connectivity index (χ3n) is 3.39. The van der Waals surface area contributed by atoms with Crippen LogP contribution in [0.25, 0.3) is 0 Å². The maximum atomic E-state index is 4.00. The summed E-state index contributed by atoms with van der Waals surface area (Å²) in [5.41, 5.74) is 0. The molecule has 2 aliphatic rings. The SMILES string of the molecule is C.C.C#C.C1CCCCC1.CC1CCCCC1. The quantitative estimate of drug-likeness (QED) is 0.427. The highest BCUT2D eigenvalue weighted by Gasteiger charge is 2.05. The van der Waals surface area contributed by atoms with Gasteiger partial charge in [-0.1, -0.05) is 92.4 Å². The van der Waals surface area contributed by atoms with E-state index in [1.165, 1.54) is 70.6 Å². The fourth-order valence-corrected chi connectivity index (χ4v) is 2.37. The van der Waals surface area contributed by atoms with E-state index in [1.807, 2.05) is 0 Å². The molecule has 104 valence electrons. The zero-order valence-corrected chi connectivity index (χ0v) is 10.5. The molecule has 0 bridgehead atoms. The lowest BCUT2D eigenvalue weighted by atomic mass is 9.91. The highest BCUT2D eigenvalue weighted by atomic mass is 14.1. The summed E-state index contributed by atoms with van der Waals surface area (Å²) in [7, 11) is 0. The summed E-state index contributed by atoms with van der Waals surface area (Å²) in [6, 6.07) is 0. The van der Waals surface area contributed by atoms with Gasteiger partial charge >= 0.3 is 0 Å². The zero-order chi connectivity index (χ0) is 11.4. The first-order valence-corrected chi connectivity index (χ1v) is 6.73. The Hall–Kier alpha value is -0.440. The molecule has 0 unspecified atom stereocenters. The molecule has 0 saturated heterocycles. The summed E-state index contributed by atoms with van der Waals surface area (Å²) in [5, 5.41) is 0. The largest absolute Gasteiger partial charge is 0.124 e. The van der Waals surface area contributed by atoms with E-state index in [9.17, 15) is 0 Å². The second-order valence-corrected chi connectivity index (χ2v) is 4.86. The Balaban J connectivity index is -0.000000184. The monoisotopic (exact) mass is 240 g/mol. The Morgan fingerprint density at radius 1 is 0.588 bits per heavy atom. The van der Waals surface area contributed by atoms with Crippen molar-refractivity contribution in [2.75, 3.05) is 0 Å². The Kier molecular flexibility index (Phi) is 23.0. The third-order valence-corrected chi connectivity index (χ3v) is 3.39. The van der Waals surface area contributed by atoms with Gasteiger partial charge in [-0.05, 0) is 5.92 Å². The number of hydrogen-bond acceptors (Lipinski definition) is 0. The van der Waals surface area contributed by atoms with Crippen molar-refractivity contribution in [1.82, 2.24) is 0 Å². The molecular formula is C17H36. The minimum atomic E-state index is 0. The molecule has 0 spiro atoms. The summed E-state index contributed by atoms with van der Waals surface area (Å²) >= 11 is 0. The highest BCUT2D eigenvalue weighted by molar-refractivity contribution is 4.59. The van der Waals surface area contributed by atoms with Gasteiger partial charge in [-0.2, -0.15) is 0 Å². The fourth-order valence-electron chi connectivity index (χ4n) is 2.37. The van der Waals surface area contributed by atoms with E-state index >= 15 is 0 Å². The van der Waals surface area contributed by atoms with Crippen LogP contribution in [0.4, 0.5) is 0 Å². The topological polar surface area (TPSA) is 0 Å². The minimum Gasteiger partial charge on any atom is -0.124 e. The highest BCUT2D eigenvalue weighted by Crippen LogP contribution is 2.22. The van der Waals surface area contributed by atoms with Crippen LogP contribution in [0.3, 0.4) is 0 Å². The summed E-state index contributed by atoms with van der Waals surface area (Å²) in [6.07, 6.45) is 24.4. The molecular weight excluding hydrogens is 204 g/mol. The standard InChI is InChI=1S/C7H14.C6H12.C2H2.2CH4/c1-7-5-3-2-4-6-7;1-2-4-6-5-3-1;1-2;;/h7H,2-6H2,1H3;1-6H2;1-2H;2*1H4. The van der Waals surface area contributed by atoms with Gasteiger partial charge in [0.05, 0.1) is 0 Å². The lowest BCUT2D eigenvalue weighted by molar-refractivity contribution is 0.385.